The fourth-order valence-electron chi connectivity index (χ4n) is 15.8. The van der Waals surface area contributed by atoms with E-state index < -0.39 is 10.8 Å². The van der Waals surface area contributed by atoms with Crippen LogP contribution in [0.2, 0.25) is 0 Å². The maximum Gasteiger partial charge on any atom is 0.159 e. The molecule has 4 aliphatic rings. The molecule has 11 aromatic carbocycles. The van der Waals surface area contributed by atoms with Crippen molar-refractivity contribution in [1.82, 2.24) is 4.57 Å². The molecule has 0 N–H and O–H groups in total. The molecule has 0 saturated heterocycles. The number of aryl methyl sites for hydroxylation is 1. The molecule has 1 spiro atoms. The van der Waals surface area contributed by atoms with E-state index >= 15 is 0 Å². The Morgan fingerprint density at radius 2 is 1.12 bits per heavy atom. The minimum Gasteiger partial charge on any atom is -0.454 e. The number of rotatable bonds is 6. The highest BCUT2D eigenvalue weighted by molar-refractivity contribution is 6.17. The zero-order valence-electron chi connectivity index (χ0n) is 46.3. The lowest BCUT2D eigenvalue weighted by atomic mass is 9.56. The summed E-state index contributed by atoms with van der Waals surface area (Å²) in [5.74, 6) is 0.392. The van der Waals surface area contributed by atoms with Crippen LogP contribution >= 0.6 is 0 Å². The third kappa shape index (κ3) is 6.21. The quantitative estimate of drug-likeness (QED) is 0.166. The first-order valence-corrected chi connectivity index (χ1v) is 29.2. The van der Waals surface area contributed by atoms with E-state index in [0.717, 1.165) is 95.3 Å². The van der Waals surface area contributed by atoms with Crippen LogP contribution in [0.5, 0.6) is 0 Å². The van der Waals surface area contributed by atoms with E-state index in [2.05, 4.69) is 290 Å². The molecule has 4 heterocycles. The van der Waals surface area contributed by atoms with Crippen molar-refractivity contribution in [1.29, 1.82) is 0 Å². The van der Waals surface area contributed by atoms with Crippen LogP contribution in [0.15, 0.2) is 263 Å². The topological polar surface area (TPSA) is 37.7 Å². The van der Waals surface area contributed by atoms with Gasteiger partial charge in [0.2, 0.25) is 0 Å². The van der Waals surface area contributed by atoms with Gasteiger partial charge in [-0.1, -0.05) is 195 Å². The highest BCUT2D eigenvalue weighted by Gasteiger charge is 2.63. The van der Waals surface area contributed by atoms with Crippen molar-refractivity contribution in [2.45, 2.75) is 38.0 Å². The summed E-state index contributed by atoms with van der Waals surface area (Å²) in [6.45, 7) is 7.01. The summed E-state index contributed by atoms with van der Waals surface area (Å²) in [4.78, 5) is 4.90. The van der Waals surface area contributed by atoms with Crippen molar-refractivity contribution in [2.24, 2.45) is 11.8 Å². The lowest BCUT2D eigenvalue weighted by Crippen LogP contribution is -2.44. The second kappa shape index (κ2) is 17.0. The zero-order valence-corrected chi connectivity index (χ0v) is 46.3. The third-order valence-electron chi connectivity index (χ3n) is 19.4. The van der Waals surface area contributed by atoms with Gasteiger partial charge in [0.1, 0.15) is 11.2 Å². The number of aromatic nitrogens is 1. The van der Waals surface area contributed by atoms with Gasteiger partial charge in [-0.15, -0.1) is 0 Å². The van der Waals surface area contributed by atoms with Gasteiger partial charge >= 0.3 is 0 Å². The number of furan rings is 2. The van der Waals surface area contributed by atoms with Crippen LogP contribution in [-0.4, -0.2) is 4.57 Å². The van der Waals surface area contributed by atoms with Crippen LogP contribution in [0.1, 0.15) is 59.2 Å². The largest absolute Gasteiger partial charge is 0.454 e. The summed E-state index contributed by atoms with van der Waals surface area (Å²) in [5, 5.41) is 9.30. The Labute approximate surface area is 480 Å². The first-order chi connectivity index (χ1) is 40.9. The molecule has 5 nitrogen and oxygen atoms in total. The Bertz CT molecular complexity index is 5220. The molecule has 83 heavy (non-hydrogen) atoms. The molecule has 0 fully saturated rings. The van der Waals surface area contributed by atoms with Crippen LogP contribution in [0.3, 0.4) is 0 Å². The van der Waals surface area contributed by atoms with Crippen molar-refractivity contribution in [3.63, 3.8) is 0 Å². The smallest absolute Gasteiger partial charge is 0.159 e. The van der Waals surface area contributed by atoms with Crippen molar-refractivity contribution in [2.75, 3.05) is 9.80 Å². The fraction of sp³-hybridized carbons (Fsp3) is 0.103. The SMILES string of the molecule is Cc1ccc(N(c2ccc3c(c2)c2cc(N(C4=CCC(C)C=C4)c4cccc5c4oc4ccccc45)cc4c2n3-c2ccccc2C42c3ccc4ccccc4c3C3(C)c4ccccc4C=CC32)c2cccc3c2oc2ccccc23)cc1. The molecule has 18 rings (SSSR count). The highest BCUT2D eigenvalue weighted by Crippen LogP contribution is 2.69. The van der Waals surface area contributed by atoms with Crippen LogP contribution < -0.4 is 9.80 Å². The van der Waals surface area contributed by atoms with Crippen LogP contribution in [0, 0.1) is 18.8 Å². The molecule has 4 unspecified atom stereocenters. The van der Waals surface area contributed by atoms with Gasteiger partial charge in [-0.3, -0.25) is 0 Å². The van der Waals surface area contributed by atoms with Gasteiger partial charge in [-0.25, -0.2) is 0 Å². The normalized spacial score (nSPS) is 19.3. The average Bonchev–Trinajstić information content (AvgIpc) is 1.54. The molecule has 0 saturated carbocycles. The van der Waals surface area contributed by atoms with E-state index in [1.54, 1.807) is 0 Å². The molecule has 3 aliphatic carbocycles. The maximum absolute atomic E-state index is 7.04. The third-order valence-corrected chi connectivity index (χ3v) is 19.4. The van der Waals surface area contributed by atoms with Gasteiger partial charge in [-0.2, -0.15) is 0 Å². The molecular formula is C78H55N3O2. The number of hydrogen-bond acceptors (Lipinski definition) is 4. The van der Waals surface area contributed by atoms with Crippen LogP contribution in [0.25, 0.3) is 88.2 Å². The molecule has 5 heteroatoms. The Morgan fingerprint density at radius 1 is 0.482 bits per heavy atom. The number of anilines is 5. The molecule has 4 atom stereocenters. The molecule has 14 aromatic rings. The standard InChI is InChI=1S/C78H55N3O2/c1-47-30-36-51(37-31-47)79(68-26-14-21-58-56-19-7-12-28-70(56)82-75(58)68)53-40-42-66-60(44-53)61-45-54(80(52-38-32-48(2)33-39-52)69-27-15-22-59-57-20-8-13-29-71(57)83-76(59)69)46-65-74(61)81(66)67-25-11-10-24-63(67)78(65)64-41-34-49-16-4-6-18-55(49)73(64)77(3)62-23-9-5-17-50(62)35-43-72(77)78/h4-32,34-46,48,72H,33H2,1-3H3. The van der Waals surface area contributed by atoms with E-state index in [1.165, 1.54) is 66.3 Å². The predicted octanol–water partition coefficient (Wildman–Crippen LogP) is 20.7. The first-order valence-electron chi connectivity index (χ1n) is 29.2. The molecule has 1 aliphatic heterocycles. The summed E-state index contributed by atoms with van der Waals surface area (Å²) in [5.41, 5.74) is 21.4. The number of benzene rings is 11. The summed E-state index contributed by atoms with van der Waals surface area (Å²) in [6, 6.07) is 83.7. The monoisotopic (exact) mass is 1070 g/mol. The van der Waals surface area contributed by atoms with Gasteiger partial charge in [0, 0.05) is 66.4 Å². The summed E-state index contributed by atoms with van der Waals surface area (Å²) in [6.07, 6.45) is 13.1. The first kappa shape index (κ1) is 46.6. The molecule has 0 bridgehead atoms. The molecular weight excluding hydrogens is 1010 g/mol. The van der Waals surface area contributed by atoms with E-state index in [-0.39, 0.29) is 5.92 Å². The number of nitrogens with zero attached hydrogens (tertiary/aromatic N) is 3. The van der Waals surface area contributed by atoms with Crippen molar-refractivity contribution >= 4 is 111 Å². The summed E-state index contributed by atoms with van der Waals surface area (Å²) < 4.78 is 16.5. The van der Waals surface area contributed by atoms with Crippen molar-refractivity contribution < 1.29 is 8.83 Å². The van der Waals surface area contributed by atoms with E-state index in [9.17, 15) is 0 Å². The Hall–Kier alpha value is -10.1. The van der Waals surface area contributed by atoms with Gasteiger partial charge in [0.25, 0.3) is 0 Å². The number of allylic oxidation sites excluding steroid dienone is 4. The molecule has 394 valence electrons. The van der Waals surface area contributed by atoms with Crippen molar-refractivity contribution in [3.05, 3.63) is 293 Å². The number of para-hydroxylation sites is 5. The lowest BCUT2D eigenvalue weighted by molar-refractivity contribution is 0.357. The van der Waals surface area contributed by atoms with Gasteiger partial charge in [0.05, 0.1) is 33.5 Å². The van der Waals surface area contributed by atoms with E-state index in [4.69, 9.17) is 8.83 Å². The fourth-order valence-corrected chi connectivity index (χ4v) is 15.8. The average molecular weight is 1070 g/mol. The highest BCUT2D eigenvalue weighted by atomic mass is 16.3. The lowest BCUT2D eigenvalue weighted by Gasteiger charge is -2.47. The number of hydrogen-bond donors (Lipinski definition) is 0. The van der Waals surface area contributed by atoms with Crippen LogP contribution in [-0.2, 0) is 10.8 Å². The van der Waals surface area contributed by atoms with Gasteiger partial charge < -0.3 is 23.2 Å². The van der Waals surface area contributed by atoms with Gasteiger partial charge in [-0.05, 0) is 142 Å². The Morgan fingerprint density at radius 3 is 1.87 bits per heavy atom. The van der Waals surface area contributed by atoms with E-state index in [0.29, 0.717) is 5.92 Å². The summed E-state index contributed by atoms with van der Waals surface area (Å²) >= 11 is 0. The van der Waals surface area contributed by atoms with E-state index in [1.807, 2.05) is 0 Å². The minimum absolute atomic E-state index is 0.0177. The number of fused-ring (bicyclic) bond motifs is 22. The summed E-state index contributed by atoms with van der Waals surface area (Å²) in [7, 11) is 0. The molecule has 0 amide bonds. The molecule has 0 radical (unpaired) electrons. The Kier molecular flexibility index (Phi) is 9.54. The Balaban J connectivity index is 0.999. The maximum atomic E-state index is 7.04. The minimum atomic E-state index is -0.663. The van der Waals surface area contributed by atoms with Crippen molar-refractivity contribution in [3.8, 4) is 5.69 Å². The van der Waals surface area contributed by atoms with Gasteiger partial charge in [0.15, 0.2) is 11.2 Å². The zero-order chi connectivity index (χ0) is 54.9. The van der Waals surface area contributed by atoms with Crippen LogP contribution in [0.4, 0.5) is 28.4 Å². The second-order valence-corrected chi connectivity index (χ2v) is 23.8. The molecule has 3 aromatic heterocycles. The second-order valence-electron chi connectivity index (χ2n) is 23.8. The predicted molar refractivity (Wildman–Crippen MR) is 344 cm³/mol.